The van der Waals surface area contributed by atoms with Gasteiger partial charge in [0.05, 0.1) is 12.7 Å². The summed E-state index contributed by atoms with van der Waals surface area (Å²) in [7, 11) is 2.20. The van der Waals surface area contributed by atoms with Crippen molar-refractivity contribution in [3.8, 4) is 0 Å². The van der Waals surface area contributed by atoms with Gasteiger partial charge in [-0.25, -0.2) is 0 Å². The van der Waals surface area contributed by atoms with Crippen molar-refractivity contribution in [2.24, 2.45) is 5.92 Å². The van der Waals surface area contributed by atoms with E-state index in [1.54, 1.807) is 0 Å². The third-order valence-electron chi connectivity index (χ3n) is 3.27. The molecule has 4 nitrogen and oxygen atoms in total. The van der Waals surface area contributed by atoms with Gasteiger partial charge < -0.3 is 19.7 Å². The van der Waals surface area contributed by atoms with Crippen LogP contribution in [0.1, 0.15) is 12.8 Å². The van der Waals surface area contributed by atoms with Crippen molar-refractivity contribution in [2.45, 2.75) is 18.9 Å². The van der Waals surface area contributed by atoms with Crippen LogP contribution in [0.15, 0.2) is 0 Å². The van der Waals surface area contributed by atoms with Crippen molar-refractivity contribution >= 4 is 0 Å². The van der Waals surface area contributed by atoms with Crippen LogP contribution in [-0.4, -0.2) is 57.6 Å². The molecule has 4 heteroatoms. The lowest BCUT2D eigenvalue weighted by Gasteiger charge is -2.23. The van der Waals surface area contributed by atoms with Gasteiger partial charge in [-0.05, 0) is 38.9 Å². The normalized spacial score (nSPS) is 33.4. The Morgan fingerprint density at radius 2 is 2.27 bits per heavy atom. The van der Waals surface area contributed by atoms with E-state index in [1.807, 2.05) is 0 Å². The summed E-state index contributed by atoms with van der Waals surface area (Å²) >= 11 is 0. The highest BCUT2D eigenvalue weighted by Gasteiger charge is 2.20. The second-order valence-corrected chi connectivity index (χ2v) is 4.68. The summed E-state index contributed by atoms with van der Waals surface area (Å²) < 4.78 is 10.6. The minimum Gasteiger partial charge on any atom is -0.355 e. The maximum Gasteiger partial charge on any atom is 0.147 e. The van der Waals surface area contributed by atoms with Gasteiger partial charge in [-0.1, -0.05) is 0 Å². The average molecular weight is 214 g/mol. The van der Waals surface area contributed by atoms with E-state index in [2.05, 4.69) is 17.3 Å². The van der Waals surface area contributed by atoms with Gasteiger partial charge in [0.2, 0.25) is 0 Å². The summed E-state index contributed by atoms with van der Waals surface area (Å²) in [6.45, 7) is 5.91. The highest BCUT2D eigenvalue weighted by Crippen LogP contribution is 2.13. The molecule has 0 amide bonds. The molecule has 2 rings (SSSR count). The molecule has 2 saturated heterocycles. The van der Waals surface area contributed by atoms with Gasteiger partial charge in [0.1, 0.15) is 6.79 Å². The van der Waals surface area contributed by atoms with Gasteiger partial charge in [-0.15, -0.1) is 0 Å². The number of hydrogen-bond donors (Lipinski definition) is 1. The minimum absolute atomic E-state index is 0.359. The quantitative estimate of drug-likeness (QED) is 0.729. The predicted octanol–water partition coefficient (Wildman–Crippen LogP) is 0.291. The van der Waals surface area contributed by atoms with Crippen LogP contribution in [0.25, 0.3) is 0 Å². The molecule has 2 aliphatic heterocycles. The SMILES string of the molecule is CN1CCC(CNCC2CCOCO2)C1. The molecule has 1 N–H and O–H groups in total. The van der Waals surface area contributed by atoms with E-state index in [9.17, 15) is 0 Å². The molecule has 0 bridgehead atoms. The van der Waals surface area contributed by atoms with Crippen molar-refractivity contribution in [2.75, 3.05) is 46.6 Å². The van der Waals surface area contributed by atoms with Crippen molar-refractivity contribution in [3.63, 3.8) is 0 Å². The van der Waals surface area contributed by atoms with Crippen LogP contribution in [0.5, 0.6) is 0 Å². The Morgan fingerprint density at radius 3 is 2.93 bits per heavy atom. The summed E-state index contributed by atoms with van der Waals surface area (Å²) in [6, 6.07) is 0. The zero-order valence-corrected chi connectivity index (χ0v) is 9.58. The van der Waals surface area contributed by atoms with E-state index in [4.69, 9.17) is 9.47 Å². The Morgan fingerprint density at radius 1 is 1.33 bits per heavy atom. The van der Waals surface area contributed by atoms with Gasteiger partial charge >= 0.3 is 0 Å². The zero-order chi connectivity index (χ0) is 10.5. The Balaban J connectivity index is 1.54. The highest BCUT2D eigenvalue weighted by atomic mass is 16.7. The first-order valence-electron chi connectivity index (χ1n) is 5.93. The monoisotopic (exact) mass is 214 g/mol. The lowest BCUT2D eigenvalue weighted by Crippen LogP contribution is -2.36. The van der Waals surface area contributed by atoms with Crippen molar-refractivity contribution in [3.05, 3.63) is 0 Å². The summed E-state index contributed by atoms with van der Waals surface area (Å²) in [4.78, 5) is 2.40. The van der Waals surface area contributed by atoms with Crippen LogP contribution in [0.4, 0.5) is 0 Å². The molecule has 15 heavy (non-hydrogen) atoms. The van der Waals surface area contributed by atoms with Crippen molar-refractivity contribution in [1.82, 2.24) is 10.2 Å². The van der Waals surface area contributed by atoms with Crippen molar-refractivity contribution < 1.29 is 9.47 Å². The third kappa shape index (κ3) is 3.72. The smallest absolute Gasteiger partial charge is 0.147 e. The van der Waals surface area contributed by atoms with E-state index in [0.29, 0.717) is 12.9 Å². The van der Waals surface area contributed by atoms with Gasteiger partial charge in [0.15, 0.2) is 0 Å². The lowest BCUT2D eigenvalue weighted by molar-refractivity contribution is -0.137. The molecule has 88 valence electrons. The Hall–Kier alpha value is -0.160. The fraction of sp³-hybridized carbons (Fsp3) is 1.00. The van der Waals surface area contributed by atoms with Crippen molar-refractivity contribution in [1.29, 1.82) is 0 Å². The molecule has 0 aromatic carbocycles. The number of nitrogens with one attached hydrogen (secondary N) is 1. The Kier molecular flexibility index (Phi) is 4.38. The topological polar surface area (TPSA) is 33.7 Å². The number of likely N-dealkylation sites (tertiary alicyclic amines) is 1. The third-order valence-corrected chi connectivity index (χ3v) is 3.27. The molecule has 2 aliphatic rings. The average Bonchev–Trinajstić information content (AvgIpc) is 2.66. The standard InChI is InChI=1S/C11H22N2O2/c1-13-4-2-10(8-13)6-12-7-11-3-5-14-9-15-11/h10-12H,2-9H2,1H3. The predicted molar refractivity (Wildman–Crippen MR) is 58.8 cm³/mol. The first-order valence-corrected chi connectivity index (χ1v) is 5.93. The first kappa shape index (κ1) is 11.3. The highest BCUT2D eigenvalue weighted by molar-refractivity contribution is 4.75. The fourth-order valence-electron chi connectivity index (χ4n) is 2.30. The number of nitrogens with zero attached hydrogens (tertiary/aromatic N) is 1. The summed E-state index contributed by atoms with van der Waals surface area (Å²) in [5, 5.41) is 3.51. The van der Waals surface area contributed by atoms with Gasteiger partial charge in [0, 0.05) is 13.1 Å². The molecule has 2 unspecified atom stereocenters. The van der Waals surface area contributed by atoms with Crippen LogP contribution in [0.2, 0.25) is 0 Å². The molecule has 0 radical (unpaired) electrons. The second-order valence-electron chi connectivity index (χ2n) is 4.68. The molecule has 2 fully saturated rings. The number of rotatable bonds is 4. The molecule has 2 atom stereocenters. The van der Waals surface area contributed by atoms with Crippen LogP contribution < -0.4 is 5.32 Å². The van der Waals surface area contributed by atoms with E-state index in [0.717, 1.165) is 32.0 Å². The summed E-state index contributed by atoms with van der Waals surface area (Å²) in [6.07, 6.45) is 2.72. The van der Waals surface area contributed by atoms with Gasteiger partial charge in [-0.3, -0.25) is 0 Å². The maximum atomic E-state index is 5.47. The molecular weight excluding hydrogens is 192 g/mol. The van der Waals surface area contributed by atoms with Gasteiger partial charge in [0.25, 0.3) is 0 Å². The number of hydrogen-bond acceptors (Lipinski definition) is 4. The van der Waals surface area contributed by atoms with Crippen LogP contribution in [0.3, 0.4) is 0 Å². The van der Waals surface area contributed by atoms with Gasteiger partial charge in [-0.2, -0.15) is 0 Å². The van der Waals surface area contributed by atoms with Crippen LogP contribution in [0, 0.1) is 5.92 Å². The molecule has 0 spiro atoms. The second kappa shape index (κ2) is 5.80. The number of ether oxygens (including phenoxy) is 2. The molecule has 0 aromatic rings. The largest absolute Gasteiger partial charge is 0.355 e. The van der Waals surface area contributed by atoms with E-state index in [1.165, 1.54) is 19.5 Å². The zero-order valence-electron chi connectivity index (χ0n) is 9.58. The molecule has 0 aromatic heterocycles. The Labute approximate surface area is 91.9 Å². The summed E-state index contributed by atoms with van der Waals surface area (Å²) in [5.74, 6) is 0.829. The molecular formula is C11H22N2O2. The van der Waals surface area contributed by atoms with E-state index < -0.39 is 0 Å². The van der Waals surface area contributed by atoms with Crippen LogP contribution in [-0.2, 0) is 9.47 Å². The Bertz CT molecular complexity index is 179. The van der Waals surface area contributed by atoms with E-state index in [-0.39, 0.29) is 0 Å². The van der Waals surface area contributed by atoms with Crippen LogP contribution >= 0.6 is 0 Å². The molecule has 0 saturated carbocycles. The summed E-state index contributed by atoms with van der Waals surface area (Å²) in [5.41, 5.74) is 0. The fourth-order valence-corrected chi connectivity index (χ4v) is 2.30. The minimum atomic E-state index is 0.359. The lowest BCUT2D eigenvalue weighted by atomic mass is 10.1. The van der Waals surface area contributed by atoms with E-state index >= 15 is 0 Å². The molecule has 2 heterocycles. The maximum absolute atomic E-state index is 5.47. The first-order chi connectivity index (χ1) is 7.34. The molecule has 0 aliphatic carbocycles.